The number of anilines is 6. The van der Waals surface area contributed by atoms with Crippen molar-refractivity contribution in [3.05, 3.63) is 255 Å². The largest absolute Gasteiger partial charge is 0.309 e. The topological polar surface area (TPSA) is 6.48 Å². The van der Waals surface area contributed by atoms with E-state index in [0.29, 0.717) is 0 Å². The molecule has 320 valence electrons. The van der Waals surface area contributed by atoms with Gasteiger partial charge in [0.2, 0.25) is 0 Å². The average molecular weight is 903 g/mol. The normalized spacial score (nSPS) is 11.5. The van der Waals surface area contributed by atoms with Crippen molar-refractivity contribution in [2.24, 2.45) is 0 Å². The number of fused-ring (bicyclic) bond motifs is 7. The van der Waals surface area contributed by atoms with Gasteiger partial charge in [-0.25, -0.2) is 0 Å². The Bertz CT molecular complexity index is 3980. The second-order valence-corrected chi connectivity index (χ2v) is 19.3. The lowest BCUT2D eigenvalue weighted by Crippen LogP contribution is -2.12. The zero-order valence-corrected chi connectivity index (χ0v) is 38.6. The van der Waals surface area contributed by atoms with Crippen molar-refractivity contribution < 1.29 is 0 Å². The smallest absolute Gasteiger partial charge is 0.0555 e. The summed E-state index contributed by atoms with van der Waals surface area (Å²) < 4.78 is 5.11. The van der Waals surface area contributed by atoms with Crippen LogP contribution < -0.4 is 9.80 Å². The number of nitrogens with zero attached hydrogens (tertiary/aromatic N) is 2. The van der Waals surface area contributed by atoms with Crippen LogP contribution in [0.4, 0.5) is 34.1 Å². The summed E-state index contributed by atoms with van der Waals surface area (Å²) in [5.74, 6) is 0. The van der Waals surface area contributed by atoms with E-state index in [9.17, 15) is 0 Å². The van der Waals surface area contributed by atoms with E-state index in [0.717, 1.165) is 45.3 Å². The maximum atomic E-state index is 2.49. The van der Waals surface area contributed by atoms with Crippen LogP contribution in [0.15, 0.2) is 255 Å². The van der Waals surface area contributed by atoms with Gasteiger partial charge in [-0.05, 0) is 99.9 Å². The van der Waals surface area contributed by atoms with Crippen molar-refractivity contribution in [1.82, 2.24) is 0 Å². The summed E-state index contributed by atoms with van der Waals surface area (Å²) in [7, 11) is 0. The molecule has 0 aliphatic heterocycles. The molecule has 11 aromatic carbocycles. The van der Waals surface area contributed by atoms with E-state index in [1.54, 1.807) is 0 Å². The van der Waals surface area contributed by atoms with Crippen molar-refractivity contribution in [3.8, 4) is 33.4 Å². The number of benzene rings is 11. The van der Waals surface area contributed by atoms with E-state index in [1.165, 1.54) is 73.4 Å². The first-order valence-electron chi connectivity index (χ1n) is 23.1. The summed E-state index contributed by atoms with van der Waals surface area (Å²) in [6.45, 7) is 0. The fourth-order valence-electron chi connectivity index (χ4n) is 10.2. The number of hydrogen-bond donors (Lipinski definition) is 0. The standard InChI is InChI=1S/C64H42N2S2/c1-3-18-43(19-4-1)44-36-38-48(39-37-44)65(58-41-40-52(46-20-5-2-6-21-46)64-63(58)54-29-11-14-34-60(54)68-64)55-30-12-9-27-51(55)47-24-15-25-49(42-47)66(56-31-16-23-45-22-7-8-26-50(45)56)57-32-17-35-61-62(57)53-28-10-13-33-59(53)67-61/h1-42H. The zero-order chi connectivity index (χ0) is 45.0. The van der Waals surface area contributed by atoms with Crippen molar-refractivity contribution >= 4 is 108 Å². The molecule has 0 saturated carbocycles. The van der Waals surface area contributed by atoms with Gasteiger partial charge in [-0.3, -0.25) is 0 Å². The van der Waals surface area contributed by atoms with Gasteiger partial charge in [0.15, 0.2) is 0 Å². The Morgan fingerprint density at radius 1 is 0.265 bits per heavy atom. The Labute approximate surface area is 403 Å². The minimum absolute atomic E-state index is 1.09. The van der Waals surface area contributed by atoms with Gasteiger partial charge >= 0.3 is 0 Å². The highest BCUT2D eigenvalue weighted by Gasteiger charge is 2.25. The van der Waals surface area contributed by atoms with Crippen LogP contribution >= 0.6 is 22.7 Å². The molecule has 0 spiro atoms. The van der Waals surface area contributed by atoms with Gasteiger partial charge in [-0.1, -0.05) is 188 Å². The Kier molecular flexibility index (Phi) is 9.93. The molecular weight excluding hydrogens is 861 g/mol. The third-order valence-electron chi connectivity index (χ3n) is 13.3. The zero-order valence-electron chi connectivity index (χ0n) is 37.0. The van der Waals surface area contributed by atoms with Gasteiger partial charge in [0, 0.05) is 62.7 Å². The van der Waals surface area contributed by atoms with Crippen molar-refractivity contribution in [3.63, 3.8) is 0 Å². The third kappa shape index (κ3) is 6.84. The van der Waals surface area contributed by atoms with E-state index in [1.807, 2.05) is 22.7 Å². The maximum absolute atomic E-state index is 2.49. The van der Waals surface area contributed by atoms with Gasteiger partial charge in [-0.15, -0.1) is 22.7 Å². The molecule has 0 N–H and O–H groups in total. The second kappa shape index (κ2) is 16.9. The molecule has 2 nitrogen and oxygen atoms in total. The monoisotopic (exact) mass is 902 g/mol. The van der Waals surface area contributed by atoms with Gasteiger partial charge in [0.05, 0.1) is 22.7 Å². The van der Waals surface area contributed by atoms with Crippen molar-refractivity contribution in [1.29, 1.82) is 0 Å². The molecule has 0 unspecified atom stereocenters. The summed E-state index contributed by atoms with van der Waals surface area (Å²) in [4.78, 5) is 4.98. The molecule has 4 heteroatoms. The fourth-order valence-corrected chi connectivity index (χ4v) is 12.5. The molecule has 0 atom stereocenters. The highest BCUT2D eigenvalue weighted by atomic mass is 32.1. The van der Waals surface area contributed by atoms with Gasteiger partial charge < -0.3 is 9.80 Å². The van der Waals surface area contributed by atoms with Gasteiger partial charge in [-0.2, -0.15) is 0 Å². The van der Waals surface area contributed by atoms with E-state index in [-0.39, 0.29) is 0 Å². The van der Waals surface area contributed by atoms with Crippen LogP contribution in [0.3, 0.4) is 0 Å². The molecule has 0 aliphatic carbocycles. The van der Waals surface area contributed by atoms with Crippen molar-refractivity contribution in [2.75, 3.05) is 9.80 Å². The molecule has 68 heavy (non-hydrogen) atoms. The second-order valence-electron chi connectivity index (χ2n) is 17.2. The molecule has 0 aliphatic rings. The quantitative estimate of drug-likeness (QED) is 0.142. The minimum atomic E-state index is 1.09. The lowest BCUT2D eigenvalue weighted by atomic mass is 9.97. The Hall–Kier alpha value is -8.28. The van der Waals surface area contributed by atoms with Gasteiger partial charge in [0.1, 0.15) is 0 Å². The SMILES string of the molecule is c1ccc(-c2ccc(N(c3ccccc3-c3cccc(N(c4cccc5ccccc45)c4cccc5sc6ccccc6c45)c3)c3ccc(-c4ccccc4)c4sc5ccccc5c34)cc2)cc1. The molecule has 0 bridgehead atoms. The molecule has 0 amide bonds. The number of thiophene rings is 2. The molecule has 13 rings (SSSR count). The Morgan fingerprint density at radius 2 is 0.794 bits per heavy atom. The molecule has 0 radical (unpaired) electrons. The summed E-state index contributed by atoms with van der Waals surface area (Å²) in [6.07, 6.45) is 0. The first-order chi connectivity index (χ1) is 33.7. The average Bonchev–Trinajstić information content (AvgIpc) is 4.00. The van der Waals surface area contributed by atoms with Crippen LogP contribution in [0.25, 0.3) is 84.5 Å². The van der Waals surface area contributed by atoms with E-state index >= 15 is 0 Å². The predicted octanol–water partition coefficient (Wildman–Crippen LogP) is 19.5. The van der Waals surface area contributed by atoms with E-state index < -0.39 is 0 Å². The first kappa shape index (κ1) is 40.0. The van der Waals surface area contributed by atoms with E-state index in [2.05, 4.69) is 265 Å². The minimum Gasteiger partial charge on any atom is -0.309 e. The van der Waals surface area contributed by atoms with Crippen molar-refractivity contribution in [2.45, 2.75) is 0 Å². The molecule has 2 heterocycles. The first-order valence-corrected chi connectivity index (χ1v) is 24.7. The fraction of sp³-hybridized carbons (Fsp3) is 0. The lowest BCUT2D eigenvalue weighted by molar-refractivity contribution is 1.29. The predicted molar refractivity (Wildman–Crippen MR) is 295 cm³/mol. The van der Waals surface area contributed by atoms with Crippen LogP contribution in [0, 0.1) is 0 Å². The number of para-hydroxylation sites is 1. The number of hydrogen-bond acceptors (Lipinski definition) is 4. The summed E-state index contributed by atoms with van der Waals surface area (Å²) in [5.41, 5.74) is 13.8. The Balaban J connectivity index is 1.04. The molecular formula is C64H42N2S2. The van der Waals surface area contributed by atoms with E-state index in [4.69, 9.17) is 0 Å². The molecule has 0 fully saturated rings. The highest BCUT2D eigenvalue weighted by Crippen LogP contribution is 2.51. The lowest BCUT2D eigenvalue weighted by Gasteiger charge is -2.30. The molecule has 13 aromatic rings. The highest BCUT2D eigenvalue weighted by molar-refractivity contribution is 7.26. The molecule has 2 aromatic heterocycles. The summed E-state index contributed by atoms with van der Waals surface area (Å²) in [5, 5.41) is 7.45. The van der Waals surface area contributed by atoms with Crippen LogP contribution in [-0.2, 0) is 0 Å². The number of rotatable bonds is 9. The van der Waals surface area contributed by atoms with Crippen LogP contribution in [0.2, 0.25) is 0 Å². The summed E-state index contributed by atoms with van der Waals surface area (Å²) >= 11 is 3.74. The maximum Gasteiger partial charge on any atom is 0.0555 e. The van der Waals surface area contributed by atoms with Crippen LogP contribution in [0.5, 0.6) is 0 Å². The molecule has 0 saturated heterocycles. The van der Waals surface area contributed by atoms with Gasteiger partial charge in [0.25, 0.3) is 0 Å². The summed E-state index contributed by atoms with van der Waals surface area (Å²) in [6, 6.07) is 93.2. The third-order valence-corrected chi connectivity index (χ3v) is 15.6. The van der Waals surface area contributed by atoms with Crippen LogP contribution in [-0.4, -0.2) is 0 Å². The Morgan fingerprint density at radius 3 is 1.60 bits per heavy atom. The van der Waals surface area contributed by atoms with Crippen LogP contribution in [0.1, 0.15) is 0 Å².